The molecule has 8 heteroatoms. The first kappa shape index (κ1) is 19.0. The molecule has 0 aliphatic carbocycles. The second kappa shape index (κ2) is 7.98. The number of hydrogen-bond donors (Lipinski definition) is 1. The first-order chi connectivity index (χ1) is 14.0. The number of carbonyl (C=O) groups excluding carboxylic acids is 2. The van der Waals surface area contributed by atoms with Crippen LogP contribution in [0.4, 0.5) is 5.69 Å². The fraction of sp³-hybridized carbons (Fsp3) is 0.381. The minimum atomic E-state index is -0.215. The number of aryl methyl sites for hydroxylation is 1. The van der Waals surface area contributed by atoms with Crippen molar-refractivity contribution in [3.8, 4) is 0 Å². The van der Waals surface area contributed by atoms with Gasteiger partial charge >= 0.3 is 0 Å². The molecule has 3 aromatic rings. The van der Waals surface area contributed by atoms with E-state index in [1.807, 2.05) is 17.9 Å². The molecule has 2 amide bonds. The van der Waals surface area contributed by atoms with E-state index in [0.29, 0.717) is 22.9 Å². The molecule has 0 radical (unpaired) electrons. The molecule has 0 saturated carbocycles. The Bertz CT molecular complexity index is 1030. The molecule has 0 bridgehead atoms. The van der Waals surface area contributed by atoms with E-state index in [1.165, 1.54) is 10.9 Å². The molecule has 1 saturated heterocycles. The lowest BCUT2D eigenvalue weighted by atomic mass is 10.0. The first-order valence-corrected chi connectivity index (χ1v) is 9.89. The zero-order chi connectivity index (χ0) is 20.4. The third-order valence-corrected chi connectivity index (χ3v) is 5.29. The van der Waals surface area contributed by atoms with Crippen LogP contribution >= 0.6 is 0 Å². The molecule has 1 unspecified atom stereocenters. The number of carbonyl (C=O) groups is 2. The van der Waals surface area contributed by atoms with E-state index in [-0.39, 0.29) is 24.3 Å². The number of fused-ring (bicyclic) bond motifs is 1. The quantitative estimate of drug-likeness (QED) is 0.737. The van der Waals surface area contributed by atoms with E-state index in [2.05, 4.69) is 27.3 Å². The van der Waals surface area contributed by atoms with Gasteiger partial charge in [0.15, 0.2) is 5.82 Å². The third-order valence-electron chi connectivity index (χ3n) is 5.29. The molecule has 2 aromatic heterocycles. The van der Waals surface area contributed by atoms with Gasteiger partial charge in [0.25, 0.3) is 11.7 Å². The lowest BCUT2D eigenvalue weighted by Gasteiger charge is -2.33. The van der Waals surface area contributed by atoms with E-state index < -0.39 is 0 Å². The van der Waals surface area contributed by atoms with E-state index >= 15 is 0 Å². The van der Waals surface area contributed by atoms with Crippen LogP contribution in [0.25, 0.3) is 5.78 Å². The number of benzene rings is 1. The second-order valence-corrected chi connectivity index (χ2v) is 7.49. The zero-order valence-electron chi connectivity index (χ0n) is 16.6. The van der Waals surface area contributed by atoms with E-state index in [9.17, 15) is 9.59 Å². The fourth-order valence-corrected chi connectivity index (χ4v) is 3.69. The maximum Gasteiger partial charge on any atom is 0.254 e. The van der Waals surface area contributed by atoms with Gasteiger partial charge in [-0.2, -0.15) is 4.98 Å². The van der Waals surface area contributed by atoms with Crippen LogP contribution in [0.15, 0.2) is 36.7 Å². The Morgan fingerprint density at radius 3 is 2.90 bits per heavy atom. The van der Waals surface area contributed by atoms with Gasteiger partial charge in [-0.05, 0) is 62.9 Å². The lowest BCUT2D eigenvalue weighted by molar-refractivity contribution is -0.115. The Labute approximate surface area is 169 Å². The van der Waals surface area contributed by atoms with Crippen molar-refractivity contribution < 1.29 is 9.59 Å². The summed E-state index contributed by atoms with van der Waals surface area (Å²) in [7, 11) is 0. The monoisotopic (exact) mass is 392 g/mol. The Balaban J connectivity index is 1.43. The zero-order valence-corrected chi connectivity index (χ0v) is 16.6. The highest BCUT2D eigenvalue weighted by atomic mass is 16.2. The van der Waals surface area contributed by atoms with Gasteiger partial charge in [-0.3, -0.25) is 9.59 Å². The van der Waals surface area contributed by atoms with Gasteiger partial charge in [-0.15, -0.1) is 5.10 Å². The summed E-state index contributed by atoms with van der Waals surface area (Å²) in [6.45, 7) is 4.79. The summed E-state index contributed by atoms with van der Waals surface area (Å²) in [4.78, 5) is 35.5. The van der Waals surface area contributed by atoms with Crippen LogP contribution in [-0.4, -0.2) is 48.9 Å². The largest absolute Gasteiger partial charge is 0.336 e. The maximum absolute atomic E-state index is 12.8. The van der Waals surface area contributed by atoms with Gasteiger partial charge in [0.1, 0.15) is 0 Å². The smallest absolute Gasteiger partial charge is 0.254 e. The summed E-state index contributed by atoms with van der Waals surface area (Å²) in [5.74, 6) is 0.707. The predicted molar refractivity (Wildman–Crippen MR) is 109 cm³/mol. The van der Waals surface area contributed by atoms with E-state index in [0.717, 1.165) is 24.9 Å². The van der Waals surface area contributed by atoms with Crippen molar-refractivity contribution in [1.82, 2.24) is 24.5 Å². The lowest BCUT2D eigenvalue weighted by Crippen LogP contribution is -2.42. The van der Waals surface area contributed by atoms with Crippen LogP contribution in [0.1, 0.15) is 47.9 Å². The highest BCUT2D eigenvalue weighted by molar-refractivity contribution is 5.97. The van der Waals surface area contributed by atoms with Gasteiger partial charge in [-0.25, -0.2) is 9.50 Å². The van der Waals surface area contributed by atoms with Crippen LogP contribution < -0.4 is 5.32 Å². The minimum Gasteiger partial charge on any atom is -0.336 e. The normalized spacial score (nSPS) is 16.8. The van der Waals surface area contributed by atoms with E-state index in [1.54, 1.807) is 30.6 Å². The molecule has 29 heavy (non-hydrogen) atoms. The first-order valence-electron chi connectivity index (χ1n) is 9.89. The summed E-state index contributed by atoms with van der Waals surface area (Å²) >= 11 is 0. The van der Waals surface area contributed by atoms with Gasteiger partial charge in [0.05, 0.1) is 6.42 Å². The molecule has 3 heterocycles. The summed E-state index contributed by atoms with van der Waals surface area (Å²) < 4.78 is 1.54. The van der Waals surface area contributed by atoms with Gasteiger partial charge in [0, 0.05) is 36.2 Å². The van der Waals surface area contributed by atoms with Crippen molar-refractivity contribution >= 4 is 23.3 Å². The summed E-state index contributed by atoms with van der Waals surface area (Å²) in [6, 6.07) is 7.42. The minimum absolute atomic E-state index is 0.0504. The molecule has 1 aliphatic heterocycles. The van der Waals surface area contributed by atoms with Gasteiger partial charge in [0.2, 0.25) is 5.91 Å². The maximum atomic E-state index is 12.8. The molecule has 0 spiro atoms. The highest BCUT2D eigenvalue weighted by Crippen LogP contribution is 2.22. The van der Waals surface area contributed by atoms with Crippen molar-refractivity contribution in [3.63, 3.8) is 0 Å². The third kappa shape index (κ3) is 4.11. The number of aromatic nitrogens is 4. The highest BCUT2D eigenvalue weighted by Gasteiger charge is 2.24. The van der Waals surface area contributed by atoms with Crippen LogP contribution in [0, 0.1) is 6.92 Å². The Morgan fingerprint density at radius 2 is 2.14 bits per heavy atom. The number of anilines is 1. The SMILES string of the molecule is Cc1cc(C(=O)N2CCCCC2C)ccc1NC(=O)Cc1nc2ncccn2n1. The summed E-state index contributed by atoms with van der Waals surface area (Å²) in [6.07, 6.45) is 6.69. The molecule has 8 nitrogen and oxygen atoms in total. The molecule has 4 rings (SSSR count). The molecule has 1 atom stereocenters. The van der Waals surface area contributed by atoms with Crippen molar-refractivity contribution in [2.24, 2.45) is 0 Å². The molecule has 1 fully saturated rings. The van der Waals surface area contributed by atoms with Crippen LogP contribution in [0.2, 0.25) is 0 Å². The Morgan fingerprint density at radius 1 is 1.28 bits per heavy atom. The van der Waals surface area contributed by atoms with Crippen LogP contribution in [0.5, 0.6) is 0 Å². The Hall–Kier alpha value is -3.29. The summed E-state index contributed by atoms with van der Waals surface area (Å²) in [5, 5.41) is 7.13. The second-order valence-electron chi connectivity index (χ2n) is 7.49. The van der Waals surface area contributed by atoms with E-state index in [4.69, 9.17) is 0 Å². The van der Waals surface area contributed by atoms with Crippen molar-refractivity contribution in [2.75, 3.05) is 11.9 Å². The topological polar surface area (TPSA) is 92.5 Å². The number of rotatable bonds is 4. The summed E-state index contributed by atoms with van der Waals surface area (Å²) in [5.41, 5.74) is 2.18. The number of amides is 2. The molecular weight excluding hydrogens is 368 g/mol. The van der Waals surface area contributed by atoms with Gasteiger partial charge < -0.3 is 10.2 Å². The number of piperidine rings is 1. The number of likely N-dealkylation sites (tertiary alicyclic amines) is 1. The van der Waals surface area contributed by atoms with Crippen LogP contribution in [0.3, 0.4) is 0 Å². The average Bonchev–Trinajstić information content (AvgIpc) is 3.11. The predicted octanol–water partition coefficient (Wildman–Crippen LogP) is 2.63. The number of nitrogens with zero attached hydrogens (tertiary/aromatic N) is 5. The van der Waals surface area contributed by atoms with Crippen molar-refractivity contribution in [3.05, 3.63) is 53.6 Å². The molecule has 1 aliphatic rings. The van der Waals surface area contributed by atoms with Crippen molar-refractivity contribution in [2.45, 2.75) is 45.6 Å². The Kier molecular flexibility index (Phi) is 5.24. The molecular formula is C21H24N6O2. The average molecular weight is 392 g/mol. The molecule has 1 N–H and O–H groups in total. The standard InChI is InChI=1S/C21H24N6O2/c1-14-12-16(20(29)26-10-4-3-6-15(26)2)7-8-17(14)23-19(28)13-18-24-21-22-9-5-11-27(21)25-18/h5,7-9,11-12,15H,3-4,6,10,13H2,1-2H3,(H,23,28). The molecule has 1 aromatic carbocycles. The van der Waals surface area contributed by atoms with Gasteiger partial charge in [-0.1, -0.05) is 0 Å². The molecule has 150 valence electrons. The fourth-order valence-electron chi connectivity index (χ4n) is 3.69. The van der Waals surface area contributed by atoms with Crippen molar-refractivity contribution in [1.29, 1.82) is 0 Å². The number of nitrogens with one attached hydrogen (secondary N) is 1. The van der Waals surface area contributed by atoms with Crippen LogP contribution in [-0.2, 0) is 11.2 Å². The number of hydrogen-bond acceptors (Lipinski definition) is 5.